The summed E-state index contributed by atoms with van der Waals surface area (Å²) in [5, 5.41) is 6.31. The van der Waals surface area contributed by atoms with Crippen molar-refractivity contribution in [1.82, 2.24) is 10.3 Å². The molecule has 1 aromatic heterocycles. The molecule has 2 N–H and O–H groups in total. The number of carbonyl (C=O) groups is 1. The van der Waals surface area contributed by atoms with Crippen LogP contribution in [0.15, 0.2) is 48.7 Å². The SMILES string of the molecule is CC(NC(=O)c1cc(NC(C)(C)C)ccn1)c1ccccc1. The third-order valence-corrected chi connectivity index (χ3v) is 3.16. The zero-order valence-corrected chi connectivity index (χ0v) is 13.6. The van der Waals surface area contributed by atoms with Crippen LogP contribution in [-0.4, -0.2) is 16.4 Å². The molecule has 1 amide bonds. The van der Waals surface area contributed by atoms with Crippen LogP contribution in [0.5, 0.6) is 0 Å². The number of hydrogen-bond donors (Lipinski definition) is 2. The van der Waals surface area contributed by atoms with E-state index in [0.717, 1.165) is 11.3 Å². The van der Waals surface area contributed by atoms with Crippen molar-refractivity contribution in [3.05, 3.63) is 59.9 Å². The summed E-state index contributed by atoms with van der Waals surface area (Å²) in [6.45, 7) is 8.18. The molecule has 1 aromatic carbocycles. The van der Waals surface area contributed by atoms with Crippen molar-refractivity contribution >= 4 is 11.6 Å². The topological polar surface area (TPSA) is 54.0 Å². The Morgan fingerprint density at radius 3 is 2.45 bits per heavy atom. The fourth-order valence-electron chi connectivity index (χ4n) is 2.16. The van der Waals surface area contributed by atoms with Gasteiger partial charge in [-0.15, -0.1) is 0 Å². The maximum Gasteiger partial charge on any atom is 0.270 e. The molecule has 1 unspecified atom stereocenters. The van der Waals surface area contributed by atoms with Gasteiger partial charge in [-0.3, -0.25) is 9.78 Å². The predicted octanol–water partition coefficient (Wildman–Crippen LogP) is 3.78. The quantitative estimate of drug-likeness (QED) is 0.903. The number of anilines is 1. The van der Waals surface area contributed by atoms with Gasteiger partial charge in [0.05, 0.1) is 6.04 Å². The fraction of sp³-hybridized carbons (Fsp3) is 0.333. The van der Waals surface area contributed by atoms with Crippen LogP contribution in [-0.2, 0) is 0 Å². The van der Waals surface area contributed by atoms with E-state index in [9.17, 15) is 4.79 Å². The molecule has 0 fully saturated rings. The number of aromatic nitrogens is 1. The Morgan fingerprint density at radius 1 is 1.14 bits per heavy atom. The van der Waals surface area contributed by atoms with Gasteiger partial charge in [0.2, 0.25) is 0 Å². The second-order valence-corrected chi connectivity index (χ2v) is 6.41. The van der Waals surface area contributed by atoms with Gasteiger partial charge in [0.1, 0.15) is 5.69 Å². The van der Waals surface area contributed by atoms with Crippen LogP contribution in [0.3, 0.4) is 0 Å². The second-order valence-electron chi connectivity index (χ2n) is 6.41. The molecule has 2 rings (SSSR count). The monoisotopic (exact) mass is 297 g/mol. The van der Waals surface area contributed by atoms with Crippen molar-refractivity contribution in [2.75, 3.05) is 5.32 Å². The summed E-state index contributed by atoms with van der Waals surface area (Å²) in [4.78, 5) is 16.5. The van der Waals surface area contributed by atoms with Crippen LogP contribution in [0.1, 0.15) is 49.8 Å². The minimum Gasteiger partial charge on any atom is -0.380 e. The molecule has 0 spiro atoms. The molecule has 4 nitrogen and oxygen atoms in total. The van der Waals surface area contributed by atoms with Crippen LogP contribution in [0.2, 0.25) is 0 Å². The largest absolute Gasteiger partial charge is 0.380 e. The normalized spacial score (nSPS) is 12.5. The highest BCUT2D eigenvalue weighted by Gasteiger charge is 2.14. The van der Waals surface area contributed by atoms with Gasteiger partial charge < -0.3 is 10.6 Å². The number of benzene rings is 1. The average molecular weight is 297 g/mol. The Balaban J connectivity index is 2.08. The van der Waals surface area contributed by atoms with E-state index in [1.165, 1.54) is 0 Å². The molecule has 0 aliphatic rings. The highest BCUT2D eigenvalue weighted by molar-refractivity contribution is 5.93. The van der Waals surface area contributed by atoms with Gasteiger partial charge in [0, 0.05) is 17.4 Å². The number of amides is 1. The minimum absolute atomic E-state index is 0.0604. The first kappa shape index (κ1) is 16.0. The van der Waals surface area contributed by atoms with Gasteiger partial charge in [-0.05, 0) is 45.4 Å². The first-order valence-corrected chi connectivity index (χ1v) is 7.45. The Hall–Kier alpha value is -2.36. The number of rotatable bonds is 4. The van der Waals surface area contributed by atoms with Crippen molar-refractivity contribution in [3.63, 3.8) is 0 Å². The Morgan fingerprint density at radius 2 is 1.82 bits per heavy atom. The highest BCUT2D eigenvalue weighted by atomic mass is 16.1. The average Bonchev–Trinajstić information content (AvgIpc) is 2.46. The third-order valence-electron chi connectivity index (χ3n) is 3.16. The lowest BCUT2D eigenvalue weighted by molar-refractivity contribution is 0.0935. The van der Waals surface area contributed by atoms with Crippen molar-refractivity contribution in [2.24, 2.45) is 0 Å². The Labute approximate surface area is 132 Å². The smallest absolute Gasteiger partial charge is 0.270 e. The molecular weight excluding hydrogens is 274 g/mol. The predicted molar refractivity (Wildman–Crippen MR) is 89.9 cm³/mol. The van der Waals surface area contributed by atoms with Gasteiger partial charge in [0.25, 0.3) is 5.91 Å². The number of pyridine rings is 1. The van der Waals surface area contributed by atoms with E-state index in [1.807, 2.05) is 43.3 Å². The molecule has 116 valence electrons. The van der Waals surface area contributed by atoms with Crippen molar-refractivity contribution in [1.29, 1.82) is 0 Å². The molecular formula is C18H23N3O. The summed E-state index contributed by atoms with van der Waals surface area (Å²) in [5.74, 6) is -0.172. The molecule has 0 aliphatic heterocycles. The molecule has 0 aliphatic carbocycles. The number of nitrogens with one attached hydrogen (secondary N) is 2. The molecule has 2 aromatic rings. The molecule has 0 saturated heterocycles. The van der Waals surface area contributed by atoms with E-state index >= 15 is 0 Å². The van der Waals surface area contributed by atoms with E-state index < -0.39 is 0 Å². The van der Waals surface area contributed by atoms with Crippen LogP contribution in [0.25, 0.3) is 0 Å². The van der Waals surface area contributed by atoms with Gasteiger partial charge >= 0.3 is 0 Å². The lowest BCUT2D eigenvalue weighted by Gasteiger charge is -2.22. The number of hydrogen-bond acceptors (Lipinski definition) is 3. The summed E-state index contributed by atoms with van der Waals surface area (Å²) in [5.41, 5.74) is 2.31. The van der Waals surface area contributed by atoms with Crippen LogP contribution in [0.4, 0.5) is 5.69 Å². The van der Waals surface area contributed by atoms with E-state index in [-0.39, 0.29) is 17.5 Å². The first-order chi connectivity index (χ1) is 10.3. The van der Waals surface area contributed by atoms with Crippen molar-refractivity contribution < 1.29 is 4.79 Å². The Bertz CT molecular complexity index is 632. The molecule has 0 saturated carbocycles. The van der Waals surface area contributed by atoms with Crippen LogP contribution < -0.4 is 10.6 Å². The number of nitrogens with zero attached hydrogens (tertiary/aromatic N) is 1. The van der Waals surface area contributed by atoms with Crippen molar-refractivity contribution in [2.45, 2.75) is 39.3 Å². The zero-order valence-electron chi connectivity index (χ0n) is 13.6. The lowest BCUT2D eigenvalue weighted by Crippen LogP contribution is -2.28. The maximum atomic E-state index is 12.3. The summed E-state index contributed by atoms with van der Waals surface area (Å²) in [6, 6.07) is 13.5. The van der Waals surface area contributed by atoms with E-state index in [0.29, 0.717) is 5.69 Å². The van der Waals surface area contributed by atoms with Gasteiger partial charge in [-0.1, -0.05) is 30.3 Å². The molecule has 22 heavy (non-hydrogen) atoms. The minimum atomic E-state index is -0.172. The molecule has 0 bridgehead atoms. The molecule has 1 heterocycles. The molecule has 0 radical (unpaired) electrons. The first-order valence-electron chi connectivity index (χ1n) is 7.45. The van der Waals surface area contributed by atoms with E-state index in [2.05, 4.69) is 36.4 Å². The van der Waals surface area contributed by atoms with Gasteiger partial charge in [-0.25, -0.2) is 0 Å². The van der Waals surface area contributed by atoms with Gasteiger partial charge in [-0.2, -0.15) is 0 Å². The third kappa shape index (κ3) is 4.58. The molecule has 4 heteroatoms. The van der Waals surface area contributed by atoms with Crippen LogP contribution >= 0.6 is 0 Å². The zero-order chi connectivity index (χ0) is 16.2. The maximum absolute atomic E-state index is 12.3. The summed E-state index contributed by atoms with van der Waals surface area (Å²) in [6.07, 6.45) is 1.65. The van der Waals surface area contributed by atoms with Crippen molar-refractivity contribution in [3.8, 4) is 0 Å². The molecule has 1 atom stereocenters. The fourth-order valence-corrected chi connectivity index (χ4v) is 2.16. The van der Waals surface area contributed by atoms with Crippen LogP contribution in [0, 0.1) is 0 Å². The summed E-state index contributed by atoms with van der Waals surface area (Å²) in [7, 11) is 0. The standard InChI is InChI=1S/C18H23N3O/c1-13(14-8-6-5-7-9-14)20-17(22)16-12-15(10-11-19-16)21-18(2,3)4/h5-13H,1-4H3,(H,19,21)(H,20,22). The highest BCUT2D eigenvalue weighted by Crippen LogP contribution is 2.16. The number of carbonyl (C=O) groups excluding carboxylic acids is 1. The summed E-state index contributed by atoms with van der Waals surface area (Å²) >= 11 is 0. The van der Waals surface area contributed by atoms with E-state index in [4.69, 9.17) is 0 Å². The van der Waals surface area contributed by atoms with Gasteiger partial charge in [0.15, 0.2) is 0 Å². The second kappa shape index (κ2) is 6.60. The lowest BCUT2D eigenvalue weighted by atomic mass is 10.1. The Kier molecular flexibility index (Phi) is 4.81. The summed E-state index contributed by atoms with van der Waals surface area (Å²) < 4.78 is 0. The van der Waals surface area contributed by atoms with E-state index in [1.54, 1.807) is 12.3 Å².